The zero-order valence-electron chi connectivity index (χ0n) is 13.4. The predicted molar refractivity (Wildman–Crippen MR) is 89.3 cm³/mol. The molecule has 1 atom stereocenters. The van der Waals surface area contributed by atoms with Crippen molar-refractivity contribution in [1.29, 1.82) is 0 Å². The fourth-order valence-electron chi connectivity index (χ4n) is 1.88. The van der Waals surface area contributed by atoms with E-state index in [0.717, 1.165) is 17.4 Å². The summed E-state index contributed by atoms with van der Waals surface area (Å²) in [6.45, 7) is 1.33. The van der Waals surface area contributed by atoms with Crippen LogP contribution >= 0.6 is 11.3 Å². The quantitative estimate of drug-likeness (QED) is 0.762. The Bertz CT molecular complexity index is 821. The van der Waals surface area contributed by atoms with E-state index in [1.807, 2.05) is 0 Å². The van der Waals surface area contributed by atoms with Crippen molar-refractivity contribution < 1.29 is 28.2 Å². The van der Waals surface area contributed by atoms with E-state index in [2.05, 4.69) is 5.32 Å². The molecular formula is C16H15FN2O5S. The summed E-state index contributed by atoms with van der Waals surface area (Å²) in [5.41, 5.74) is 5.01. The summed E-state index contributed by atoms with van der Waals surface area (Å²) in [5, 5.41) is 4.28. The number of nitrogens with one attached hydrogen (secondary N) is 1. The number of halogens is 1. The molecule has 0 aliphatic carbocycles. The van der Waals surface area contributed by atoms with E-state index in [-0.39, 0.29) is 21.9 Å². The molecule has 0 spiro atoms. The van der Waals surface area contributed by atoms with Crippen LogP contribution in [0.5, 0.6) is 5.75 Å². The van der Waals surface area contributed by atoms with E-state index in [9.17, 15) is 18.8 Å². The van der Waals surface area contributed by atoms with Crippen LogP contribution in [0.2, 0.25) is 0 Å². The summed E-state index contributed by atoms with van der Waals surface area (Å²) in [6, 6.07) is 5.10. The zero-order valence-corrected chi connectivity index (χ0v) is 14.2. The normalized spacial score (nSPS) is 11.5. The minimum absolute atomic E-state index is 0.151. The van der Waals surface area contributed by atoms with E-state index in [1.165, 1.54) is 32.2 Å². The number of carbonyl (C=O) groups excluding carboxylic acids is 3. The molecule has 0 aliphatic heterocycles. The van der Waals surface area contributed by atoms with Crippen molar-refractivity contribution in [3.05, 3.63) is 46.6 Å². The Labute approximate surface area is 146 Å². The van der Waals surface area contributed by atoms with Crippen LogP contribution in [0.25, 0.3) is 0 Å². The van der Waals surface area contributed by atoms with Gasteiger partial charge in [0.15, 0.2) is 6.10 Å². The molecular weight excluding hydrogens is 351 g/mol. The molecule has 9 heteroatoms. The first-order valence-electron chi connectivity index (χ1n) is 7.06. The third kappa shape index (κ3) is 4.32. The molecule has 2 aromatic rings. The Balaban J connectivity index is 2.04. The van der Waals surface area contributed by atoms with Gasteiger partial charge in [0, 0.05) is 6.07 Å². The first-order valence-corrected chi connectivity index (χ1v) is 7.94. The third-order valence-corrected chi connectivity index (χ3v) is 4.05. The highest BCUT2D eigenvalue weighted by Gasteiger charge is 2.23. The van der Waals surface area contributed by atoms with Crippen molar-refractivity contribution in [1.82, 2.24) is 0 Å². The van der Waals surface area contributed by atoms with Gasteiger partial charge in [0.1, 0.15) is 16.6 Å². The average molecular weight is 366 g/mol. The van der Waals surface area contributed by atoms with E-state index in [4.69, 9.17) is 15.2 Å². The second-order valence-electron chi connectivity index (χ2n) is 4.91. The van der Waals surface area contributed by atoms with Gasteiger partial charge in [-0.05, 0) is 30.5 Å². The first kappa shape index (κ1) is 18.4. The number of hydrogen-bond donors (Lipinski definition) is 2. The standard InChI is InChI=1S/C16H15FN2O5S/c1-8(14(21)19-15-11(13(18)20)5-6-25-15)24-16(22)10-4-3-9(23-2)7-12(10)17/h3-8H,1-2H3,(H2,18,20)(H,19,21)/t8-/m0/s1. The van der Waals surface area contributed by atoms with Crippen LogP contribution < -0.4 is 15.8 Å². The minimum atomic E-state index is -1.21. The molecule has 0 bridgehead atoms. The lowest BCUT2D eigenvalue weighted by atomic mass is 10.2. The molecule has 0 radical (unpaired) electrons. The highest BCUT2D eigenvalue weighted by atomic mass is 32.1. The van der Waals surface area contributed by atoms with Crippen LogP contribution in [0.15, 0.2) is 29.6 Å². The second-order valence-corrected chi connectivity index (χ2v) is 5.83. The Kier molecular flexibility index (Phi) is 5.71. The summed E-state index contributed by atoms with van der Waals surface area (Å²) in [7, 11) is 1.37. The van der Waals surface area contributed by atoms with Crippen LogP contribution in [0.1, 0.15) is 27.6 Å². The predicted octanol–water partition coefficient (Wildman–Crippen LogP) is 2.18. The number of primary amides is 1. The SMILES string of the molecule is COc1ccc(C(=O)O[C@@H](C)C(=O)Nc2sccc2C(N)=O)c(F)c1. The number of benzene rings is 1. The molecule has 25 heavy (non-hydrogen) atoms. The van der Waals surface area contributed by atoms with Crippen molar-refractivity contribution >= 4 is 34.1 Å². The van der Waals surface area contributed by atoms with Gasteiger partial charge in [0.05, 0.1) is 18.2 Å². The lowest BCUT2D eigenvalue weighted by Gasteiger charge is -2.14. The molecule has 1 aromatic carbocycles. The van der Waals surface area contributed by atoms with Gasteiger partial charge in [0.2, 0.25) is 0 Å². The monoisotopic (exact) mass is 366 g/mol. The average Bonchev–Trinajstić information content (AvgIpc) is 3.02. The highest BCUT2D eigenvalue weighted by molar-refractivity contribution is 7.14. The number of esters is 1. The fourth-order valence-corrected chi connectivity index (χ4v) is 2.67. The summed E-state index contributed by atoms with van der Waals surface area (Å²) in [6.07, 6.45) is -1.21. The summed E-state index contributed by atoms with van der Waals surface area (Å²) < 4.78 is 23.7. The highest BCUT2D eigenvalue weighted by Crippen LogP contribution is 2.23. The number of thiophene rings is 1. The Morgan fingerprint density at radius 1 is 1.24 bits per heavy atom. The summed E-state index contributed by atoms with van der Waals surface area (Å²) in [4.78, 5) is 35.3. The molecule has 1 aromatic heterocycles. The maximum atomic E-state index is 13.9. The molecule has 0 saturated carbocycles. The van der Waals surface area contributed by atoms with Gasteiger partial charge in [-0.25, -0.2) is 9.18 Å². The van der Waals surface area contributed by atoms with Crippen LogP contribution in [0.4, 0.5) is 9.39 Å². The lowest BCUT2D eigenvalue weighted by Crippen LogP contribution is -2.30. The largest absolute Gasteiger partial charge is 0.497 e. The van der Waals surface area contributed by atoms with Crippen molar-refractivity contribution in [3.8, 4) is 5.75 Å². The lowest BCUT2D eigenvalue weighted by molar-refractivity contribution is -0.123. The number of amides is 2. The zero-order chi connectivity index (χ0) is 18.6. The number of methoxy groups -OCH3 is 1. The van der Waals surface area contributed by atoms with Crippen LogP contribution in [0, 0.1) is 5.82 Å². The topological polar surface area (TPSA) is 108 Å². The van der Waals surface area contributed by atoms with Crippen LogP contribution in [-0.4, -0.2) is 31.0 Å². The van der Waals surface area contributed by atoms with Crippen molar-refractivity contribution in [2.45, 2.75) is 13.0 Å². The summed E-state index contributed by atoms with van der Waals surface area (Å²) in [5.74, 6) is -2.94. The number of ether oxygens (including phenoxy) is 2. The van der Waals surface area contributed by atoms with Crippen molar-refractivity contribution in [3.63, 3.8) is 0 Å². The van der Waals surface area contributed by atoms with Crippen LogP contribution in [-0.2, 0) is 9.53 Å². The molecule has 3 N–H and O–H groups in total. The summed E-state index contributed by atoms with van der Waals surface area (Å²) >= 11 is 1.10. The minimum Gasteiger partial charge on any atom is -0.497 e. The van der Waals surface area contributed by atoms with E-state index in [1.54, 1.807) is 5.38 Å². The Morgan fingerprint density at radius 3 is 2.56 bits per heavy atom. The molecule has 0 saturated heterocycles. The fraction of sp³-hybridized carbons (Fsp3) is 0.188. The second kappa shape index (κ2) is 7.75. The number of carbonyl (C=O) groups is 3. The van der Waals surface area contributed by atoms with E-state index >= 15 is 0 Å². The first-order chi connectivity index (χ1) is 11.8. The number of rotatable bonds is 6. The van der Waals surface area contributed by atoms with Gasteiger partial charge in [-0.3, -0.25) is 9.59 Å². The third-order valence-electron chi connectivity index (χ3n) is 3.22. The Morgan fingerprint density at radius 2 is 1.96 bits per heavy atom. The number of nitrogens with two attached hydrogens (primary N) is 1. The van der Waals surface area contributed by atoms with Crippen molar-refractivity contribution in [2.75, 3.05) is 12.4 Å². The number of hydrogen-bond acceptors (Lipinski definition) is 6. The molecule has 132 valence electrons. The molecule has 7 nitrogen and oxygen atoms in total. The van der Waals surface area contributed by atoms with Gasteiger partial charge in [-0.2, -0.15) is 0 Å². The molecule has 0 unspecified atom stereocenters. The maximum absolute atomic E-state index is 13.9. The smallest absolute Gasteiger partial charge is 0.341 e. The van der Waals surface area contributed by atoms with Crippen LogP contribution in [0.3, 0.4) is 0 Å². The molecule has 2 amide bonds. The van der Waals surface area contributed by atoms with Gasteiger partial charge >= 0.3 is 5.97 Å². The Hall–Kier alpha value is -2.94. The maximum Gasteiger partial charge on any atom is 0.341 e. The molecule has 1 heterocycles. The van der Waals surface area contributed by atoms with Gasteiger partial charge in [0.25, 0.3) is 11.8 Å². The molecule has 2 rings (SSSR count). The van der Waals surface area contributed by atoms with Gasteiger partial charge in [-0.1, -0.05) is 0 Å². The van der Waals surface area contributed by atoms with E-state index in [0.29, 0.717) is 0 Å². The molecule has 0 aliphatic rings. The van der Waals surface area contributed by atoms with E-state index < -0.39 is 29.7 Å². The van der Waals surface area contributed by atoms with Gasteiger partial charge < -0.3 is 20.5 Å². The number of anilines is 1. The van der Waals surface area contributed by atoms with Crippen molar-refractivity contribution in [2.24, 2.45) is 5.73 Å². The van der Waals surface area contributed by atoms with Gasteiger partial charge in [-0.15, -0.1) is 11.3 Å². The molecule has 0 fully saturated rings.